The quantitative estimate of drug-likeness (QED) is 0.847. The fourth-order valence-electron chi connectivity index (χ4n) is 1.42. The van der Waals surface area contributed by atoms with Gasteiger partial charge in [0.2, 0.25) is 0 Å². The number of nitrogens with zero attached hydrogens (tertiary/aromatic N) is 1. The summed E-state index contributed by atoms with van der Waals surface area (Å²) in [6.07, 6.45) is 1.74. The van der Waals surface area contributed by atoms with E-state index in [0.717, 1.165) is 18.1 Å². The van der Waals surface area contributed by atoms with E-state index in [2.05, 4.69) is 10.3 Å². The summed E-state index contributed by atoms with van der Waals surface area (Å²) in [5.41, 5.74) is 6.44. The lowest BCUT2D eigenvalue weighted by atomic mass is 10.4. The van der Waals surface area contributed by atoms with Gasteiger partial charge in [-0.15, -0.1) is 0 Å². The number of hydrogen-bond acceptors (Lipinski definition) is 5. The second-order valence-corrected chi connectivity index (χ2v) is 5.98. The highest BCUT2D eigenvalue weighted by Gasteiger charge is 2.13. The molecule has 1 aliphatic heterocycles. The van der Waals surface area contributed by atoms with Crippen LogP contribution in [0.2, 0.25) is 0 Å². The first-order chi connectivity index (χ1) is 7.34. The summed E-state index contributed by atoms with van der Waals surface area (Å²) in [4.78, 5) is 4.22. The van der Waals surface area contributed by atoms with Gasteiger partial charge in [0.1, 0.15) is 5.82 Å². The molecule has 3 N–H and O–H groups in total. The zero-order chi connectivity index (χ0) is 10.5. The number of aromatic nitrogens is 1. The number of thioether (sulfide) groups is 2. The molecule has 0 amide bonds. The van der Waals surface area contributed by atoms with E-state index in [4.69, 9.17) is 5.73 Å². The van der Waals surface area contributed by atoms with Crippen LogP contribution >= 0.6 is 23.5 Å². The standard InChI is InChI=1S/C10H15N3S2/c11-8-1-2-12-10(5-8)13-6-9-7-14-3-4-15-9/h1-2,5,9H,3-4,6-7H2,(H3,11,12,13). The van der Waals surface area contributed by atoms with Crippen LogP contribution in [0, 0.1) is 0 Å². The second-order valence-electron chi connectivity index (χ2n) is 3.42. The van der Waals surface area contributed by atoms with E-state index >= 15 is 0 Å². The Morgan fingerprint density at radius 1 is 1.53 bits per heavy atom. The third-order valence-electron chi connectivity index (χ3n) is 2.18. The number of anilines is 2. The van der Waals surface area contributed by atoms with Crippen molar-refractivity contribution in [2.75, 3.05) is 34.9 Å². The first-order valence-electron chi connectivity index (χ1n) is 4.99. The number of nitrogens with one attached hydrogen (secondary N) is 1. The first-order valence-corrected chi connectivity index (χ1v) is 7.20. The van der Waals surface area contributed by atoms with Crippen LogP contribution in [0.3, 0.4) is 0 Å². The molecule has 0 bridgehead atoms. The number of nitrogens with two attached hydrogens (primary N) is 1. The summed E-state index contributed by atoms with van der Waals surface area (Å²) in [6.45, 7) is 0.980. The van der Waals surface area contributed by atoms with Crippen molar-refractivity contribution in [3.63, 3.8) is 0 Å². The maximum atomic E-state index is 5.68. The third kappa shape index (κ3) is 3.50. The Kier molecular flexibility index (Phi) is 4.02. The Labute approximate surface area is 98.6 Å². The number of rotatable bonds is 3. The molecule has 1 aliphatic rings. The van der Waals surface area contributed by atoms with Crippen molar-refractivity contribution in [3.8, 4) is 0 Å². The van der Waals surface area contributed by atoms with Gasteiger partial charge < -0.3 is 11.1 Å². The molecule has 0 radical (unpaired) electrons. The fraction of sp³-hybridized carbons (Fsp3) is 0.500. The van der Waals surface area contributed by atoms with Gasteiger partial charge in [0.15, 0.2) is 0 Å². The van der Waals surface area contributed by atoms with E-state index in [0.29, 0.717) is 5.25 Å². The lowest BCUT2D eigenvalue weighted by Gasteiger charge is -2.21. The van der Waals surface area contributed by atoms with Gasteiger partial charge in [0.25, 0.3) is 0 Å². The van der Waals surface area contributed by atoms with Crippen LogP contribution in [0.15, 0.2) is 18.3 Å². The van der Waals surface area contributed by atoms with Gasteiger partial charge in [-0.2, -0.15) is 23.5 Å². The first kappa shape index (κ1) is 11.0. The van der Waals surface area contributed by atoms with Crippen molar-refractivity contribution in [1.82, 2.24) is 4.98 Å². The molecule has 1 unspecified atom stereocenters. The number of hydrogen-bond donors (Lipinski definition) is 2. The topological polar surface area (TPSA) is 50.9 Å². The molecule has 2 heterocycles. The fourth-order valence-corrected chi connectivity index (χ4v) is 4.03. The Hall–Kier alpha value is -0.550. The molecule has 0 spiro atoms. The third-order valence-corrected chi connectivity index (χ3v) is 5.02. The molecule has 0 aliphatic carbocycles. The summed E-state index contributed by atoms with van der Waals surface area (Å²) in [7, 11) is 0. The highest BCUT2D eigenvalue weighted by atomic mass is 32.2. The van der Waals surface area contributed by atoms with Crippen molar-refractivity contribution < 1.29 is 0 Å². The smallest absolute Gasteiger partial charge is 0.127 e. The predicted molar refractivity (Wildman–Crippen MR) is 70.7 cm³/mol. The van der Waals surface area contributed by atoms with Crippen molar-refractivity contribution in [3.05, 3.63) is 18.3 Å². The van der Waals surface area contributed by atoms with E-state index in [-0.39, 0.29) is 0 Å². The van der Waals surface area contributed by atoms with Crippen molar-refractivity contribution in [2.45, 2.75) is 5.25 Å². The van der Waals surface area contributed by atoms with Crippen molar-refractivity contribution in [2.24, 2.45) is 0 Å². The van der Waals surface area contributed by atoms with Gasteiger partial charge in [0, 0.05) is 47.0 Å². The molecule has 1 atom stereocenters. The Balaban J connectivity index is 1.81. The lowest BCUT2D eigenvalue weighted by molar-refractivity contribution is 0.993. The predicted octanol–water partition coefficient (Wildman–Crippen LogP) is 1.92. The lowest BCUT2D eigenvalue weighted by Crippen LogP contribution is -2.23. The Morgan fingerprint density at radius 3 is 3.20 bits per heavy atom. The largest absolute Gasteiger partial charge is 0.399 e. The minimum absolute atomic E-state index is 0.701. The van der Waals surface area contributed by atoms with Crippen molar-refractivity contribution >= 4 is 35.0 Å². The van der Waals surface area contributed by atoms with Gasteiger partial charge >= 0.3 is 0 Å². The highest BCUT2D eigenvalue weighted by Crippen LogP contribution is 2.24. The van der Waals surface area contributed by atoms with Crippen LogP contribution in [0.4, 0.5) is 11.5 Å². The summed E-state index contributed by atoms with van der Waals surface area (Å²) < 4.78 is 0. The summed E-state index contributed by atoms with van der Waals surface area (Å²) in [5.74, 6) is 4.67. The maximum absolute atomic E-state index is 5.68. The molecule has 1 aromatic heterocycles. The van der Waals surface area contributed by atoms with E-state index in [1.807, 2.05) is 29.6 Å². The SMILES string of the molecule is Nc1ccnc(NCC2CSCCS2)c1. The monoisotopic (exact) mass is 241 g/mol. The van der Waals surface area contributed by atoms with Gasteiger partial charge in [-0.1, -0.05) is 0 Å². The summed E-state index contributed by atoms with van der Waals surface area (Å²) in [6, 6.07) is 3.68. The molecule has 0 aromatic carbocycles. The van der Waals surface area contributed by atoms with Crippen LogP contribution in [0.1, 0.15) is 0 Å². The molecule has 82 valence electrons. The zero-order valence-corrected chi connectivity index (χ0v) is 10.1. The minimum atomic E-state index is 0.701. The minimum Gasteiger partial charge on any atom is -0.399 e. The van der Waals surface area contributed by atoms with E-state index in [9.17, 15) is 0 Å². The van der Waals surface area contributed by atoms with E-state index < -0.39 is 0 Å². The summed E-state index contributed by atoms with van der Waals surface area (Å²) in [5, 5.41) is 4.03. The normalized spacial score (nSPS) is 21.2. The van der Waals surface area contributed by atoms with E-state index in [1.165, 1.54) is 17.3 Å². The molecular formula is C10H15N3S2. The molecule has 15 heavy (non-hydrogen) atoms. The van der Waals surface area contributed by atoms with Crippen LogP contribution in [-0.2, 0) is 0 Å². The van der Waals surface area contributed by atoms with Crippen LogP contribution in [-0.4, -0.2) is 34.0 Å². The van der Waals surface area contributed by atoms with Crippen LogP contribution in [0.25, 0.3) is 0 Å². The molecule has 3 nitrogen and oxygen atoms in total. The number of nitrogen functional groups attached to an aromatic ring is 1. The van der Waals surface area contributed by atoms with Crippen LogP contribution < -0.4 is 11.1 Å². The van der Waals surface area contributed by atoms with Gasteiger partial charge in [-0.25, -0.2) is 4.98 Å². The Bertz CT molecular complexity index is 313. The summed E-state index contributed by atoms with van der Waals surface area (Å²) >= 11 is 4.08. The molecule has 1 aromatic rings. The molecular weight excluding hydrogens is 226 g/mol. The average Bonchev–Trinajstić information content (AvgIpc) is 2.28. The molecule has 5 heteroatoms. The van der Waals surface area contributed by atoms with E-state index in [1.54, 1.807) is 12.3 Å². The maximum Gasteiger partial charge on any atom is 0.127 e. The molecule has 1 fully saturated rings. The molecule has 1 saturated heterocycles. The van der Waals surface area contributed by atoms with Crippen LogP contribution in [0.5, 0.6) is 0 Å². The zero-order valence-electron chi connectivity index (χ0n) is 8.48. The second kappa shape index (κ2) is 5.51. The Morgan fingerprint density at radius 2 is 2.47 bits per heavy atom. The van der Waals surface area contributed by atoms with Gasteiger partial charge in [-0.3, -0.25) is 0 Å². The van der Waals surface area contributed by atoms with Gasteiger partial charge in [-0.05, 0) is 6.07 Å². The molecule has 0 saturated carbocycles. The number of pyridine rings is 1. The average molecular weight is 241 g/mol. The highest BCUT2D eigenvalue weighted by molar-refractivity contribution is 8.06. The van der Waals surface area contributed by atoms with Gasteiger partial charge in [0.05, 0.1) is 0 Å². The van der Waals surface area contributed by atoms with Crippen molar-refractivity contribution in [1.29, 1.82) is 0 Å². The molecule has 2 rings (SSSR count).